The van der Waals surface area contributed by atoms with Gasteiger partial charge in [0, 0.05) is 5.02 Å². The Morgan fingerprint density at radius 2 is 2.00 bits per heavy atom. The van der Waals surface area contributed by atoms with E-state index in [-0.39, 0.29) is 5.50 Å². The molecule has 0 aromatic heterocycles. The highest BCUT2D eigenvalue weighted by atomic mass is 35.5. The normalized spacial score (nSPS) is 13.5. The molecule has 0 radical (unpaired) electrons. The van der Waals surface area contributed by atoms with E-state index in [4.69, 9.17) is 34.8 Å². The zero-order valence-electron chi connectivity index (χ0n) is 6.84. The van der Waals surface area contributed by atoms with E-state index in [1.54, 1.807) is 25.1 Å². The summed E-state index contributed by atoms with van der Waals surface area (Å²) in [5.41, 5.74) is 0.213. The molecule has 1 rings (SSSR count). The predicted octanol–water partition coefficient (Wildman–Crippen LogP) is 4.66. The summed E-state index contributed by atoms with van der Waals surface area (Å²) in [5, 5.41) is 8.64. The van der Waals surface area contributed by atoms with Crippen LogP contribution in [0.25, 0.3) is 0 Å². The van der Waals surface area contributed by atoms with Gasteiger partial charge in [-0.15, -0.1) is 0 Å². The van der Waals surface area contributed by atoms with Crippen molar-refractivity contribution in [2.45, 2.75) is 12.4 Å². The van der Waals surface area contributed by atoms with Crippen LogP contribution in [0.15, 0.2) is 28.4 Å². The lowest BCUT2D eigenvalue weighted by Gasteiger charge is -1.97. The average Bonchev–Trinajstić information content (AvgIpc) is 2.02. The molecule has 0 aliphatic rings. The van der Waals surface area contributed by atoms with Crippen molar-refractivity contribution in [1.29, 1.82) is 0 Å². The minimum absolute atomic E-state index is 0.355. The zero-order chi connectivity index (χ0) is 9.84. The molecule has 0 amide bonds. The molecule has 13 heavy (non-hydrogen) atoms. The predicted molar refractivity (Wildman–Crippen MR) is 56.3 cm³/mol. The number of hydrogen-bond acceptors (Lipinski definition) is 2. The van der Waals surface area contributed by atoms with Crippen LogP contribution in [0.5, 0.6) is 0 Å². The number of nitrogens with zero attached hydrogens (tertiary/aromatic N) is 2. The van der Waals surface area contributed by atoms with Crippen molar-refractivity contribution in [3.05, 3.63) is 28.2 Å². The third-order valence-corrected chi connectivity index (χ3v) is 1.86. The van der Waals surface area contributed by atoms with Gasteiger partial charge in [-0.3, -0.25) is 0 Å². The van der Waals surface area contributed by atoms with Crippen molar-refractivity contribution >= 4 is 40.5 Å². The Morgan fingerprint density at radius 3 is 2.54 bits per heavy atom. The summed E-state index contributed by atoms with van der Waals surface area (Å²) in [6.45, 7) is 1.72. The number of benzene rings is 1. The molecule has 1 atom stereocenters. The minimum Gasteiger partial charge on any atom is -0.169 e. The highest BCUT2D eigenvalue weighted by Gasteiger charge is 1.99. The molecule has 0 spiro atoms. The van der Waals surface area contributed by atoms with Gasteiger partial charge >= 0.3 is 0 Å². The highest BCUT2D eigenvalue weighted by molar-refractivity contribution is 6.36. The molecular weight excluding hydrogens is 230 g/mol. The summed E-state index contributed by atoms with van der Waals surface area (Å²) in [4.78, 5) is 0. The van der Waals surface area contributed by atoms with Gasteiger partial charge in [0.1, 0.15) is 11.2 Å². The van der Waals surface area contributed by atoms with Gasteiger partial charge < -0.3 is 0 Å². The fraction of sp³-hybridized carbons (Fsp3) is 0.250. The molecule has 0 N–H and O–H groups in total. The second-order valence-electron chi connectivity index (χ2n) is 2.39. The van der Waals surface area contributed by atoms with Crippen molar-refractivity contribution in [1.82, 2.24) is 0 Å². The standard InChI is InChI=1S/C8H7Cl3N2/c1-5(9)12-13-8-3-2-6(10)4-7(8)11/h2-5H,1H3. The van der Waals surface area contributed by atoms with E-state index in [1.807, 2.05) is 0 Å². The van der Waals surface area contributed by atoms with Crippen LogP contribution in [-0.4, -0.2) is 5.50 Å². The maximum absolute atomic E-state index is 5.83. The number of halogens is 3. The first-order valence-corrected chi connectivity index (χ1v) is 4.79. The quantitative estimate of drug-likeness (QED) is 0.406. The first-order valence-electron chi connectivity index (χ1n) is 3.59. The van der Waals surface area contributed by atoms with Gasteiger partial charge in [-0.2, -0.15) is 10.2 Å². The molecule has 0 heterocycles. The van der Waals surface area contributed by atoms with Gasteiger partial charge in [0.2, 0.25) is 0 Å². The Morgan fingerprint density at radius 1 is 1.31 bits per heavy atom. The Kier molecular flexibility index (Phi) is 3.97. The molecule has 1 aromatic rings. The Balaban J connectivity index is 2.90. The van der Waals surface area contributed by atoms with Crippen molar-refractivity contribution in [3.8, 4) is 0 Å². The molecule has 0 saturated carbocycles. The second kappa shape index (κ2) is 4.80. The van der Waals surface area contributed by atoms with Gasteiger partial charge in [0.15, 0.2) is 0 Å². The van der Waals surface area contributed by atoms with Crippen LogP contribution in [0.3, 0.4) is 0 Å². The molecule has 2 nitrogen and oxygen atoms in total. The van der Waals surface area contributed by atoms with E-state index >= 15 is 0 Å². The van der Waals surface area contributed by atoms with Crippen LogP contribution >= 0.6 is 34.8 Å². The molecule has 1 unspecified atom stereocenters. The molecular formula is C8H7Cl3N2. The van der Waals surface area contributed by atoms with Gasteiger partial charge in [-0.1, -0.05) is 34.8 Å². The van der Waals surface area contributed by atoms with Crippen LogP contribution in [0.4, 0.5) is 5.69 Å². The van der Waals surface area contributed by atoms with Crippen LogP contribution < -0.4 is 0 Å². The molecule has 1 aromatic carbocycles. The molecule has 70 valence electrons. The largest absolute Gasteiger partial charge is 0.169 e. The van der Waals surface area contributed by atoms with E-state index < -0.39 is 0 Å². The monoisotopic (exact) mass is 236 g/mol. The van der Waals surface area contributed by atoms with Crippen LogP contribution in [0, 0.1) is 0 Å². The topological polar surface area (TPSA) is 24.7 Å². The number of hydrogen-bond donors (Lipinski definition) is 0. The van der Waals surface area contributed by atoms with E-state index in [0.29, 0.717) is 15.7 Å². The molecule has 5 heteroatoms. The Hall–Kier alpha value is -0.310. The SMILES string of the molecule is CC(Cl)N=Nc1ccc(Cl)cc1Cl. The number of alkyl halides is 1. The maximum Gasteiger partial charge on any atom is 0.142 e. The number of azo groups is 1. The summed E-state index contributed by atoms with van der Waals surface area (Å²) in [7, 11) is 0. The first-order chi connectivity index (χ1) is 6.09. The summed E-state index contributed by atoms with van der Waals surface area (Å²) in [6.07, 6.45) is 0. The van der Waals surface area contributed by atoms with Gasteiger partial charge in [0.25, 0.3) is 0 Å². The number of rotatable bonds is 2. The third-order valence-electron chi connectivity index (χ3n) is 1.23. The van der Waals surface area contributed by atoms with Crippen LogP contribution in [0.2, 0.25) is 10.0 Å². The van der Waals surface area contributed by atoms with E-state index in [0.717, 1.165) is 0 Å². The van der Waals surface area contributed by atoms with Crippen molar-refractivity contribution in [2.24, 2.45) is 10.2 Å². The molecule has 0 aliphatic carbocycles. The fourth-order valence-electron chi connectivity index (χ4n) is 0.704. The van der Waals surface area contributed by atoms with Gasteiger partial charge in [-0.05, 0) is 25.1 Å². The summed E-state index contributed by atoms with van der Waals surface area (Å²) in [5.74, 6) is 0. The summed E-state index contributed by atoms with van der Waals surface area (Å²) >= 11 is 17.1. The van der Waals surface area contributed by atoms with E-state index in [2.05, 4.69) is 10.2 Å². The molecule has 0 fully saturated rings. The highest BCUT2D eigenvalue weighted by Crippen LogP contribution is 2.28. The van der Waals surface area contributed by atoms with E-state index in [9.17, 15) is 0 Å². The lowest BCUT2D eigenvalue weighted by atomic mass is 10.3. The van der Waals surface area contributed by atoms with Crippen molar-refractivity contribution < 1.29 is 0 Å². The molecule has 0 bridgehead atoms. The van der Waals surface area contributed by atoms with E-state index in [1.165, 1.54) is 0 Å². The molecule has 0 aliphatic heterocycles. The summed E-state index contributed by atoms with van der Waals surface area (Å²) in [6, 6.07) is 4.99. The Labute approximate surface area is 91.5 Å². The van der Waals surface area contributed by atoms with Crippen molar-refractivity contribution in [3.63, 3.8) is 0 Å². The zero-order valence-corrected chi connectivity index (χ0v) is 9.11. The summed E-state index contributed by atoms with van der Waals surface area (Å²) < 4.78 is 0. The lowest BCUT2D eigenvalue weighted by Crippen LogP contribution is -1.79. The maximum atomic E-state index is 5.83. The van der Waals surface area contributed by atoms with Crippen LogP contribution in [-0.2, 0) is 0 Å². The van der Waals surface area contributed by atoms with Crippen molar-refractivity contribution in [2.75, 3.05) is 0 Å². The third kappa shape index (κ3) is 3.51. The lowest BCUT2D eigenvalue weighted by molar-refractivity contribution is 0.932. The minimum atomic E-state index is -0.355. The first kappa shape index (κ1) is 10.8. The fourth-order valence-corrected chi connectivity index (χ4v) is 1.19. The Bertz CT molecular complexity index is 323. The smallest absolute Gasteiger partial charge is 0.142 e. The van der Waals surface area contributed by atoms with Gasteiger partial charge in [-0.25, -0.2) is 0 Å². The van der Waals surface area contributed by atoms with Gasteiger partial charge in [0.05, 0.1) is 5.02 Å². The second-order valence-corrected chi connectivity index (χ2v) is 3.86. The average molecular weight is 238 g/mol. The van der Waals surface area contributed by atoms with Crippen LogP contribution in [0.1, 0.15) is 6.92 Å². The molecule has 0 saturated heterocycles.